The van der Waals surface area contributed by atoms with E-state index in [9.17, 15) is 4.79 Å². The zero-order chi connectivity index (χ0) is 17.1. The van der Waals surface area contributed by atoms with Gasteiger partial charge in [-0.3, -0.25) is 9.69 Å². The third-order valence-corrected chi connectivity index (χ3v) is 5.29. The van der Waals surface area contributed by atoms with Crippen molar-refractivity contribution in [1.29, 1.82) is 0 Å². The summed E-state index contributed by atoms with van der Waals surface area (Å²) in [7, 11) is 0. The summed E-state index contributed by atoms with van der Waals surface area (Å²) in [6, 6.07) is 12.9. The Kier molecular flexibility index (Phi) is 5.67. The molecule has 0 unspecified atom stereocenters. The third-order valence-electron chi connectivity index (χ3n) is 4.18. The minimum absolute atomic E-state index is 0.00837. The first-order valence-corrected chi connectivity index (χ1v) is 8.88. The first-order chi connectivity index (χ1) is 11.5. The van der Waals surface area contributed by atoms with Gasteiger partial charge in [0.05, 0.1) is 10.0 Å². The fourth-order valence-electron chi connectivity index (χ4n) is 2.79. The second-order valence-electron chi connectivity index (χ2n) is 5.79. The predicted octanol–water partition coefficient (Wildman–Crippen LogP) is 4.60. The van der Waals surface area contributed by atoms with Gasteiger partial charge in [0.1, 0.15) is 0 Å². The molecule has 0 bridgehead atoms. The Morgan fingerprint density at radius 1 is 0.875 bits per heavy atom. The molecule has 0 radical (unpaired) electrons. The van der Waals surface area contributed by atoms with Crippen LogP contribution in [0.15, 0.2) is 42.5 Å². The van der Waals surface area contributed by atoms with Crippen LogP contribution in [0.1, 0.15) is 15.9 Å². The molecule has 1 amide bonds. The summed E-state index contributed by atoms with van der Waals surface area (Å²) in [6.07, 6.45) is 0. The molecule has 0 aromatic heterocycles. The molecule has 0 spiro atoms. The number of rotatable bonds is 3. The van der Waals surface area contributed by atoms with E-state index >= 15 is 0 Å². The van der Waals surface area contributed by atoms with E-state index in [0.717, 1.165) is 30.2 Å². The minimum atomic E-state index is -0.00837. The summed E-state index contributed by atoms with van der Waals surface area (Å²) in [5.74, 6) is -0.00837. The van der Waals surface area contributed by atoms with E-state index in [1.807, 2.05) is 29.2 Å². The molecular formula is C18H17Cl3N2O. The number of amides is 1. The van der Waals surface area contributed by atoms with E-state index in [-0.39, 0.29) is 5.91 Å². The number of hydrogen-bond acceptors (Lipinski definition) is 2. The van der Waals surface area contributed by atoms with E-state index in [1.165, 1.54) is 0 Å². The predicted molar refractivity (Wildman–Crippen MR) is 99.1 cm³/mol. The molecule has 1 aliphatic heterocycles. The van der Waals surface area contributed by atoms with Crippen molar-refractivity contribution in [1.82, 2.24) is 9.80 Å². The molecule has 1 saturated heterocycles. The van der Waals surface area contributed by atoms with Crippen molar-refractivity contribution in [3.63, 3.8) is 0 Å². The van der Waals surface area contributed by atoms with Crippen LogP contribution in [0.3, 0.4) is 0 Å². The maximum Gasteiger partial charge on any atom is 0.253 e. The van der Waals surface area contributed by atoms with Crippen LogP contribution in [0.5, 0.6) is 0 Å². The smallest absolute Gasteiger partial charge is 0.253 e. The van der Waals surface area contributed by atoms with Crippen LogP contribution in [-0.2, 0) is 6.54 Å². The highest BCUT2D eigenvalue weighted by molar-refractivity contribution is 6.42. The summed E-state index contributed by atoms with van der Waals surface area (Å²) in [6.45, 7) is 3.80. The molecule has 126 valence electrons. The van der Waals surface area contributed by atoms with Crippen LogP contribution >= 0.6 is 34.8 Å². The highest BCUT2D eigenvalue weighted by atomic mass is 35.5. The molecule has 2 aromatic rings. The van der Waals surface area contributed by atoms with Gasteiger partial charge in [-0.05, 0) is 29.8 Å². The largest absolute Gasteiger partial charge is 0.336 e. The van der Waals surface area contributed by atoms with Gasteiger partial charge in [0.25, 0.3) is 5.91 Å². The number of piperazine rings is 1. The average Bonchev–Trinajstić information content (AvgIpc) is 2.59. The lowest BCUT2D eigenvalue weighted by atomic mass is 10.1. The van der Waals surface area contributed by atoms with Crippen LogP contribution in [-0.4, -0.2) is 41.9 Å². The highest BCUT2D eigenvalue weighted by Crippen LogP contribution is 2.24. The molecule has 24 heavy (non-hydrogen) atoms. The Bertz CT molecular complexity index is 743. The lowest BCUT2D eigenvalue weighted by Gasteiger charge is -2.35. The summed E-state index contributed by atoms with van der Waals surface area (Å²) < 4.78 is 0. The molecule has 0 atom stereocenters. The van der Waals surface area contributed by atoms with Crippen molar-refractivity contribution in [2.45, 2.75) is 6.54 Å². The van der Waals surface area contributed by atoms with Gasteiger partial charge < -0.3 is 4.90 Å². The summed E-state index contributed by atoms with van der Waals surface area (Å²) in [4.78, 5) is 16.7. The van der Waals surface area contributed by atoms with E-state index in [4.69, 9.17) is 34.8 Å². The Balaban J connectivity index is 1.59. The van der Waals surface area contributed by atoms with Gasteiger partial charge in [-0.15, -0.1) is 0 Å². The minimum Gasteiger partial charge on any atom is -0.336 e. The fourth-order valence-corrected chi connectivity index (χ4v) is 3.28. The summed E-state index contributed by atoms with van der Waals surface area (Å²) in [5, 5.41) is 1.64. The zero-order valence-electron chi connectivity index (χ0n) is 13.0. The number of nitrogens with zero attached hydrogens (tertiary/aromatic N) is 2. The van der Waals surface area contributed by atoms with Gasteiger partial charge in [-0.25, -0.2) is 0 Å². The third kappa shape index (κ3) is 4.04. The fraction of sp³-hybridized carbons (Fsp3) is 0.278. The standard InChI is InChI=1S/C18H17Cl3N2O/c19-15-4-2-1-3-14(15)12-22-7-9-23(10-8-22)18(24)13-5-6-16(20)17(21)11-13/h1-6,11H,7-10,12H2. The molecular weight excluding hydrogens is 367 g/mol. The maximum absolute atomic E-state index is 12.6. The SMILES string of the molecule is O=C(c1ccc(Cl)c(Cl)c1)N1CCN(Cc2ccccc2Cl)CC1. The zero-order valence-corrected chi connectivity index (χ0v) is 15.3. The van der Waals surface area contributed by atoms with Gasteiger partial charge in [-0.2, -0.15) is 0 Å². The molecule has 3 rings (SSSR count). The average molecular weight is 384 g/mol. The van der Waals surface area contributed by atoms with Crippen molar-refractivity contribution in [3.05, 3.63) is 68.7 Å². The second kappa shape index (κ2) is 7.75. The van der Waals surface area contributed by atoms with Gasteiger partial charge in [0.2, 0.25) is 0 Å². The van der Waals surface area contributed by atoms with E-state index < -0.39 is 0 Å². The first kappa shape index (κ1) is 17.6. The van der Waals surface area contributed by atoms with E-state index in [2.05, 4.69) is 4.90 Å². The number of carbonyl (C=O) groups is 1. The van der Waals surface area contributed by atoms with Gasteiger partial charge in [0.15, 0.2) is 0 Å². The number of halogens is 3. The van der Waals surface area contributed by atoms with E-state index in [0.29, 0.717) is 28.7 Å². The molecule has 2 aromatic carbocycles. The van der Waals surface area contributed by atoms with Crippen molar-refractivity contribution in [3.8, 4) is 0 Å². The van der Waals surface area contributed by atoms with Gasteiger partial charge >= 0.3 is 0 Å². The lowest BCUT2D eigenvalue weighted by Crippen LogP contribution is -2.48. The monoisotopic (exact) mass is 382 g/mol. The summed E-state index contributed by atoms with van der Waals surface area (Å²) >= 11 is 18.1. The van der Waals surface area contributed by atoms with Crippen LogP contribution in [0, 0.1) is 0 Å². The number of hydrogen-bond donors (Lipinski definition) is 0. The Morgan fingerprint density at radius 3 is 2.25 bits per heavy atom. The van der Waals surface area contributed by atoms with E-state index in [1.54, 1.807) is 18.2 Å². The Hall–Kier alpha value is -1.26. The Labute approximate surface area is 156 Å². The van der Waals surface area contributed by atoms with Crippen LogP contribution in [0.4, 0.5) is 0 Å². The maximum atomic E-state index is 12.6. The first-order valence-electron chi connectivity index (χ1n) is 7.74. The van der Waals surface area contributed by atoms with Gasteiger partial charge in [0, 0.05) is 43.3 Å². The van der Waals surface area contributed by atoms with Gasteiger partial charge in [-0.1, -0.05) is 53.0 Å². The molecule has 0 aliphatic carbocycles. The highest BCUT2D eigenvalue weighted by Gasteiger charge is 2.22. The second-order valence-corrected chi connectivity index (χ2v) is 7.01. The molecule has 6 heteroatoms. The summed E-state index contributed by atoms with van der Waals surface area (Å²) in [5.41, 5.74) is 1.69. The molecule has 1 aliphatic rings. The normalized spacial score (nSPS) is 15.5. The Morgan fingerprint density at radius 2 is 1.58 bits per heavy atom. The van der Waals surface area contributed by atoms with Crippen LogP contribution in [0.2, 0.25) is 15.1 Å². The molecule has 1 fully saturated rings. The quantitative estimate of drug-likeness (QED) is 0.773. The number of carbonyl (C=O) groups excluding carboxylic acids is 1. The van der Waals surface area contributed by atoms with Crippen molar-refractivity contribution < 1.29 is 4.79 Å². The lowest BCUT2D eigenvalue weighted by molar-refractivity contribution is 0.0628. The molecule has 1 heterocycles. The molecule has 0 saturated carbocycles. The number of benzene rings is 2. The molecule has 0 N–H and O–H groups in total. The van der Waals surface area contributed by atoms with Crippen LogP contribution < -0.4 is 0 Å². The topological polar surface area (TPSA) is 23.6 Å². The molecule has 3 nitrogen and oxygen atoms in total. The van der Waals surface area contributed by atoms with Crippen LogP contribution in [0.25, 0.3) is 0 Å². The van der Waals surface area contributed by atoms with Crippen molar-refractivity contribution >= 4 is 40.7 Å². The van der Waals surface area contributed by atoms with Crippen molar-refractivity contribution in [2.24, 2.45) is 0 Å². The van der Waals surface area contributed by atoms with Crippen molar-refractivity contribution in [2.75, 3.05) is 26.2 Å².